The Bertz CT molecular complexity index is 581. The average molecular weight is 261 g/mol. The Hall–Kier alpha value is -1.94. The number of benzene rings is 2. The van der Waals surface area contributed by atoms with Gasteiger partial charge in [-0.05, 0) is 42.8 Å². The van der Waals surface area contributed by atoms with Crippen LogP contribution in [0.3, 0.4) is 0 Å². The second kappa shape index (κ2) is 5.14. The van der Waals surface area contributed by atoms with Gasteiger partial charge in [0.25, 0.3) is 0 Å². The Balaban J connectivity index is 2.24. The van der Waals surface area contributed by atoms with Crippen molar-refractivity contribution in [1.82, 2.24) is 0 Å². The highest BCUT2D eigenvalue weighted by atomic mass is 32.1. The quantitative estimate of drug-likeness (QED) is 0.858. The molecular weight excluding hydrogens is 249 g/mol. The fourth-order valence-corrected chi connectivity index (χ4v) is 1.65. The van der Waals surface area contributed by atoms with Crippen molar-refractivity contribution in [3.8, 4) is 11.5 Å². The number of halogens is 1. The third kappa shape index (κ3) is 2.65. The lowest BCUT2D eigenvalue weighted by Crippen LogP contribution is -2.08. The maximum absolute atomic E-state index is 13.7. The summed E-state index contributed by atoms with van der Waals surface area (Å²) in [5, 5.41) is 0. The molecule has 4 heteroatoms. The second-order valence-corrected chi connectivity index (χ2v) is 4.32. The van der Waals surface area contributed by atoms with Gasteiger partial charge >= 0.3 is 0 Å². The number of hydrogen-bond donors (Lipinski definition) is 1. The van der Waals surface area contributed by atoms with E-state index in [9.17, 15) is 4.39 Å². The molecule has 0 atom stereocenters. The van der Waals surface area contributed by atoms with E-state index in [2.05, 4.69) is 0 Å². The Labute approximate surface area is 110 Å². The third-order valence-corrected chi connectivity index (χ3v) is 2.76. The molecular formula is C14H12FNOS. The van der Waals surface area contributed by atoms with E-state index in [-0.39, 0.29) is 11.6 Å². The molecule has 0 bridgehead atoms. The summed E-state index contributed by atoms with van der Waals surface area (Å²) in [6, 6.07) is 11.9. The topological polar surface area (TPSA) is 35.2 Å². The van der Waals surface area contributed by atoms with E-state index >= 15 is 0 Å². The lowest BCUT2D eigenvalue weighted by atomic mass is 10.2. The number of hydrogen-bond acceptors (Lipinski definition) is 2. The number of rotatable bonds is 3. The highest BCUT2D eigenvalue weighted by Crippen LogP contribution is 2.26. The zero-order valence-electron chi connectivity index (χ0n) is 9.81. The summed E-state index contributed by atoms with van der Waals surface area (Å²) in [7, 11) is 0. The lowest BCUT2D eigenvalue weighted by Gasteiger charge is -2.08. The normalized spacial score (nSPS) is 10.1. The SMILES string of the molecule is Cc1cccc(Oc2ccc(C(N)=S)cc2)c1F. The highest BCUT2D eigenvalue weighted by Gasteiger charge is 2.07. The maximum atomic E-state index is 13.7. The van der Waals surface area contributed by atoms with Gasteiger partial charge in [-0.2, -0.15) is 0 Å². The molecule has 92 valence electrons. The largest absolute Gasteiger partial charge is 0.454 e. The summed E-state index contributed by atoms with van der Waals surface area (Å²) in [6.07, 6.45) is 0. The standard InChI is InChI=1S/C14H12FNOS/c1-9-3-2-4-12(13(9)15)17-11-7-5-10(6-8-11)14(16)18/h2-8H,1H3,(H2,16,18). The van der Waals surface area contributed by atoms with E-state index in [0.717, 1.165) is 5.56 Å². The second-order valence-electron chi connectivity index (χ2n) is 3.88. The van der Waals surface area contributed by atoms with Gasteiger partial charge in [-0.3, -0.25) is 0 Å². The molecule has 0 radical (unpaired) electrons. The molecule has 0 saturated carbocycles. The van der Waals surface area contributed by atoms with Crippen LogP contribution in [-0.2, 0) is 0 Å². The van der Waals surface area contributed by atoms with E-state index in [1.165, 1.54) is 0 Å². The molecule has 0 heterocycles. The first-order valence-corrected chi connectivity index (χ1v) is 5.81. The van der Waals surface area contributed by atoms with Crippen molar-refractivity contribution >= 4 is 17.2 Å². The molecule has 2 rings (SSSR count). The van der Waals surface area contributed by atoms with Crippen molar-refractivity contribution in [2.45, 2.75) is 6.92 Å². The summed E-state index contributed by atoms with van der Waals surface area (Å²) in [5.74, 6) is 0.397. The molecule has 0 aliphatic rings. The molecule has 0 saturated heterocycles. The van der Waals surface area contributed by atoms with Crippen LogP contribution in [-0.4, -0.2) is 4.99 Å². The van der Waals surface area contributed by atoms with E-state index in [0.29, 0.717) is 16.3 Å². The molecule has 0 aromatic heterocycles. The number of aryl methyl sites for hydroxylation is 1. The first-order chi connectivity index (χ1) is 8.58. The molecule has 0 aliphatic heterocycles. The van der Waals surface area contributed by atoms with Gasteiger partial charge in [0.2, 0.25) is 0 Å². The predicted octanol–water partition coefficient (Wildman–Crippen LogP) is 3.56. The Morgan fingerprint density at radius 1 is 1.17 bits per heavy atom. The monoisotopic (exact) mass is 261 g/mol. The van der Waals surface area contributed by atoms with Gasteiger partial charge in [0, 0.05) is 5.56 Å². The highest BCUT2D eigenvalue weighted by molar-refractivity contribution is 7.80. The molecule has 0 aliphatic carbocycles. The summed E-state index contributed by atoms with van der Waals surface area (Å²) in [6.45, 7) is 1.69. The van der Waals surface area contributed by atoms with Crippen LogP contribution >= 0.6 is 12.2 Å². The zero-order valence-corrected chi connectivity index (χ0v) is 10.6. The van der Waals surface area contributed by atoms with Crippen LogP contribution in [0, 0.1) is 12.7 Å². The van der Waals surface area contributed by atoms with Gasteiger partial charge in [0.05, 0.1) is 0 Å². The van der Waals surface area contributed by atoms with Crippen LogP contribution in [0.5, 0.6) is 11.5 Å². The first-order valence-electron chi connectivity index (χ1n) is 5.41. The Kier molecular flexibility index (Phi) is 3.58. The molecule has 2 aromatic carbocycles. The van der Waals surface area contributed by atoms with Gasteiger partial charge < -0.3 is 10.5 Å². The minimum atomic E-state index is -0.351. The number of thiocarbonyl (C=S) groups is 1. The molecule has 0 fully saturated rings. The Morgan fingerprint density at radius 3 is 2.44 bits per heavy atom. The zero-order chi connectivity index (χ0) is 13.1. The van der Waals surface area contributed by atoms with E-state index < -0.39 is 0 Å². The van der Waals surface area contributed by atoms with Crippen molar-refractivity contribution in [1.29, 1.82) is 0 Å². The molecule has 2 nitrogen and oxygen atoms in total. The van der Waals surface area contributed by atoms with Crippen LogP contribution in [0.4, 0.5) is 4.39 Å². The minimum Gasteiger partial charge on any atom is -0.454 e. The summed E-state index contributed by atoms with van der Waals surface area (Å²) in [4.78, 5) is 0.322. The van der Waals surface area contributed by atoms with E-state index in [4.69, 9.17) is 22.7 Å². The summed E-state index contributed by atoms with van der Waals surface area (Å²) in [5.41, 5.74) is 6.79. The van der Waals surface area contributed by atoms with Crippen LogP contribution in [0.25, 0.3) is 0 Å². The minimum absolute atomic E-state index is 0.207. The maximum Gasteiger partial charge on any atom is 0.168 e. The lowest BCUT2D eigenvalue weighted by molar-refractivity contribution is 0.440. The van der Waals surface area contributed by atoms with E-state index in [1.54, 1.807) is 49.4 Å². The summed E-state index contributed by atoms with van der Waals surface area (Å²) >= 11 is 4.85. The van der Waals surface area contributed by atoms with Crippen LogP contribution in [0.1, 0.15) is 11.1 Å². The summed E-state index contributed by atoms with van der Waals surface area (Å²) < 4.78 is 19.2. The van der Waals surface area contributed by atoms with Crippen LogP contribution < -0.4 is 10.5 Å². The fraction of sp³-hybridized carbons (Fsp3) is 0.0714. The van der Waals surface area contributed by atoms with Crippen LogP contribution in [0.2, 0.25) is 0 Å². The predicted molar refractivity (Wildman–Crippen MR) is 73.5 cm³/mol. The first kappa shape index (κ1) is 12.5. The Morgan fingerprint density at radius 2 is 1.83 bits per heavy atom. The van der Waals surface area contributed by atoms with Gasteiger partial charge in [0.15, 0.2) is 11.6 Å². The molecule has 2 N–H and O–H groups in total. The van der Waals surface area contributed by atoms with Crippen molar-refractivity contribution in [2.24, 2.45) is 5.73 Å². The van der Waals surface area contributed by atoms with Gasteiger partial charge in [0.1, 0.15) is 10.7 Å². The van der Waals surface area contributed by atoms with Gasteiger partial charge in [-0.25, -0.2) is 4.39 Å². The third-order valence-electron chi connectivity index (χ3n) is 2.52. The number of nitrogens with two attached hydrogens (primary N) is 1. The van der Waals surface area contributed by atoms with Crippen molar-refractivity contribution < 1.29 is 9.13 Å². The van der Waals surface area contributed by atoms with Gasteiger partial charge in [-0.15, -0.1) is 0 Å². The molecule has 2 aromatic rings. The number of ether oxygens (including phenoxy) is 1. The van der Waals surface area contributed by atoms with Crippen molar-refractivity contribution in [2.75, 3.05) is 0 Å². The van der Waals surface area contributed by atoms with E-state index in [1.807, 2.05) is 0 Å². The molecule has 0 spiro atoms. The molecule has 0 unspecified atom stereocenters. The van der Waals surface area contributed by atoms with Crippen molar-refractivity contribution in [3.05, 3.63) is 59.4 Å². The average Bonchev–Trinajstić information content (AvgIpc) is 2.36. The van der Waals surface area contributed by atoms with Crippen LogP contribution in [0.15, 0.2) is 42.5 Å². The fourth-order valence-electron chi connectivity index (χ4n) is 1.51. The smallest absolute Gasteiger partial charge is 0.168 e. The van der Waals surface area contributed by atoms with Gasteiger partial charge in [-0.1, -0.05) is 24.4 Å². The van der Waals surface area contributed by atoms with Crippen molar-refractivity contribution in [3.63, 3.8) is 0 Å². The molecule has 0 amide bonds. The molecule has 18 heavy (non-hydrogen) atoms.